The van der Waals surface area contributed by atoms with Crippen LogP contribution in [0.3, 0.4) is 0 Å². The third kappa shape index (κ3) is 8.55. The highest BCUT2D eigenvalue weighted by molar-refractivity contribution is 6.03. The lowest BCUT2D eigenvalue weighted by molar-refractivity contribution is -0.122. The van der Waals surface area contributed by atoms with Gasteiger partial charge in [0.2, 0.25) is 0 Å². The molecule has 0 aliphatic heterocycles. The van der Waals surface area contributed by atoms with E-state index >= 15 is 0 Å². The van der Waals surface area contributed by atoms with Crippen LogP contribution < -0.4 is 40.6 Å². The lowest BCUT2D eigenvalue weighted by Gasteiger charge is -2.15. The smallest absolute Gasteiger partial charge is 0.290 e. The Labute approximate surface area is 220 Å². The molecule has 38 heavy (non-hydrogen) atoms. The first kappa shape index (κ1) is 31.5. The number of amides is 3. The van der Waals surface area contributed by atoms with Crippen LogP contribution in [0, 0.1) is 6.92 Å². The van der Waals surface area contributed by atoms with Crippen molar-refractivity contribution >= 4 is 24.2 Å². The molecule has 0 saturated carbocycles. The van der Waals surface area contributed by atoms with E-state index in [4.69, 9.17) is 34.6 Å². The Morgan fingerprint density at radius 3 is 1.42 bits per heavy atom. The standard InChI is InChI=1S/C24H32N4O7.CH2O2/c1-14-10-15(19(33-3)12-18(14)32-2)22(29)27-8-9-28-24(31)17-11-16(23(30)26-7-6-25)20(34-4)13-21(17)35-5;2-1-3/h10-13H,6-9,25H2,1-5H3,(H,26,30)(H,27,29)(H,28,31);1H,(H,2,3). The van der Waals surface area contributed by atoms with E-state index in [9.17, 15) is 14.4 Å². The van der Waals surface area contributed by atoms with Gasteiger partial charge in [0.15, 0.2) is 0 Å². The summed E-state index contributed by atoms with van der Waals surface area (Å²) in [6.07, 6.45) is 0. The minimum Gasteiger partial charge on any atom is -0.496 e. The molecule has 0 heterocycles. The van der Waals surface area contributed by atoms with Crippen LogP contribution in [-0.2, 0) is 4.79 Å². The van der Waals surface area contributed by atoms with E-state index in [0.29, 0.717) is 17.1 Å². The minimum absolute atomic E-state index is 0.131. The van der Waals surface area contributed by atoms with Crippen molar-refractivity contribution in [1.29, 1.82) is 0 Å². The Bertz CT molecular complexity index is 1120. The summed E-state index contributed by atoms with van der Waals surface area (Å²) < 4.78 is 21.1. The van der Waals surface area contributed by atoms with Gasteiger partial charge in [-0.05, 0) is 24.6 Å². The second kappa shape index (κ2) is 16.3. The van der Waals surface area contributed by atoms with Gasteiger partial charge in [0.1, 0.15) is 23.0 Å². The second-order valence-corrected chi connectivity index (χ2v) is 7.44. The maximum atomic E-state index is 12.8. The van der Waals surface area contributed by atoms with Crippen molar-refractivity contribution in [3.8, 4) is 23.0 Å². The average molecular weight is 535 g/mol. The Kier molecular flexibility index (Phi) is 13.5. The fourth-order valence-electron chi connectivity index (χ4n) is 3.31. The molecule has 13 nitrogen and oxygen atoms in total. The Morgan fingerprint density at radius 1 is 0.711 bits per heavy atom. The number of carbonyl (C=O) groups is 4. The summed E-state index contributed by atoms with van der Waals surface area (Å²) in [5.41, 5.74) is 6.88. The first-order chi connectivity index (χ1) is 18.2. The number of carbonyl (C=O) groups excluding carboxylic acids is 3. The molecule has 2 aromatic carbocycles. The molecule has 0 radical (unpaired) electrons. The van der Waals surface area contributed by atoms with E-state index in [1.54, 1.807) is 12.1 Å². The largest absolute Gasteiger partial charge is 0.496 e. The van der Waals surface area contributed by atoms with Gasteiger partial charge in [-0.2, -0.15) is 0 Å². The molecule has 0 aliphatic carbocycles. The number of benzene rings is 2. The molecule has 0 fully saturated rings. The van der Waals surface area contributed by atoms with Crippen molar-refractivity contribution in [2.75, 3.05) is 54.6 Å². The highest BCUT2D eigenvalue weighted by Gasteiger charge is 2.21. The zero-order valence-corrected chi connectivity index (χ0v) is 22.0. The quantitative estimate of drug-likeness (QED) is 0.190. The maximum absolute atomic E-state index is 12.8. The van der Waals surface area contributed by atoms with Gasteiger partial charge in [0.05, 0.1) is 45.1 Å². The molecule has 13 heteroatoms. The predicted octanol–water partition coefficient (Wildman–Crippen LogP) is 0.579. The summed E-state index contributed by atoms with van der Waals surface area (Å²) in [5.74, 6) is 0.195. The van der Waals surface area contributed by atoms with Crippen molar-refractivity contribution in [2.45, 2.75) is 6.92 Å². The molecule has 0 aromatic heterocycles. The van der Waals surface area contributed by atoms with Crippen LogP contribution in [0.5, 0.6) is 23.0 Å². The summed E-state index contributed by atoms with van der Waals surface area (Å²) in [5, 5.41) is 15.0. The fourth-order valence-corrected chi connectivity index (χ4v) is 3.31. The van der Waals surface area contributed by atoms with Gasteiger partial charge in [-0.25, -0.2) is 0 Å². The molecule has 208 valence electrons. The van der Waals surface area contributed by atoms with Crippen LogP contribution in [0.2, 0.25) is 0 Å². The molecule has 6 N–H and O–H groups in total. The summed E-state index contributed by atoms with van der Waals surface area (Å²) in [7, 11) is 5.83. The SMILES string of the molecule is COc1cc(OC)c(C(=O)NCCNC(=O)c2cc(C(=O)NCCN)c(OC)cc2OC)cc1C.O=CO. The molecule has 0 saturated heterocycles. The molecular formula is C25H34N4O9. The monoisotopic (exact) mass is 534 g/mol. The molecule has 0 unspecified atom stereocenters. The van der Waals surface area contributed by atoms with Crippen LogP contribution in [-0.4, -0.2) is 83.9 Å². The van der Waals surface area contributed by atoms with Gasteiger partial charge < -0.3 is 45.7 Å². The number of aryl methyl sites for hydroxylation is 1. The van der Waals surface area contributed by atoms with Crippen molar-refractivity contribution in [3.63, 3.8) is 0 Å². The number of nitrogens with one attached hydrogen (secondary N) is 3. The van der Waals surface area contributed by atoms with Crippen molar-refractivity contribution in [3.05, 3.63) is 46.5 Å². The molecule has 0 atom stereocenters. The van der Waals surface area contributed by atoms with Crippen molar-refractivity contribution < 1.29 is 43.2 Å². The Morgan fingerprint density at radius 2 is 1.05 bits per heavy atom. The molecular weight excluding hydrogens is 500 g/mol. The minimum atomic E-state index is -0.482. The third-order valence-electron chi connectivity index (χ3n) is 5.10. The predicted molar refractivity (Wildman–Crippen MR) is 139 cm³/mol. The number of methoxy groups -OCH3 is 4. The number of rotatable bonds is 12. The summed E-state index contributed by atoms with van der Waals surface area (Å²) in [6.45, 7) is 2.40. The number of ether oxygens (including phenoxy) is 4. The Balaban J connectivity index is 0.00000229. The summed E-state index contributed by atoms with van der Waals surface area (Å²) >= 11 is 0. The maximum Gasteiger partial charge on any atom is 0.290 e. The number of hydrogen-bond acceptors (Lipinski definition) is 9. The highest BCUT2D eigenvalue weighted by Crippen LogP contribution is 2.30. The van der Waals surface area contributed by atoms with E-state index < -0.39 is 11.8 Å². The Hall–Kier alpha value is -4.52. The van der Waals surface area contributed by atoms with E-state index in [1.807, 2.05) is 6.92 Å². The number of nitrogens with two attached hydrogens (primary N) is 1. The average Bonchev–Trinajstić information content (AvgIpc) is 2.93. The van der Waals surface area contributed by atoms with E-state index in [-0.39, 0.29) is 61.2 Å². The van der Waals surface area contributed by atoms with Gasteiger partial charge in [-0.3, -0.25) is 19.2 Å². The first-order valence-electron chi connectivity index (χ1n) is 11.3. The van der Waals surface area contributed by atoms with Crippen molar-refractivity contribution in [1.82, 2.24) is 16.0 Å². The van der Waals surface area contributed by atoms with Gasteiger partial charge >= 0.3 is 0 Å². The van der Waals surface area contributed by atoms with E-state index in [2.05, 4.69) is 16.0 Å². The summed E-state index contributed by atoms with van der Waals surface area (Å²) in [4.78, 5) is 46.3. The normalized spacial score (nSPS) is 9.74. The van der Waals surface area contributed by atoms with Crippen LogP contribution in [0.1, 0.15) is 36.6 Å². The zero-order valence-electron chi connectivity index (χ0n) is 22.0. The second-order valence-electron chi connectivity index (χ2n) is 7.44. The van der Waals surface area contributed by atoms with Gasteiger partial charge in [0.25, 0.3) is 24.2 Å². The number of hydrogen-bond donors (Lipinski definition) is 5. The lowest BCUT2D eigenvalue weighted by atomic mass is 10.1. The van der Waals surface area contributed by atoms with E-state index in [1.165, 1.54) is 40.6 Å². The number of carboxylic acid groups (broad SMARTS) is 1. The van der Waals surface area contributed by atoms with Gasteiger partial charge in [-0.1, -0.05) is 0 Å². The van der Waals surface area contributed by atoms with E-state index in [0.717, 1.165) is 5.56 Å². The third-order valence-corrected chi connectivity index (χ3v) is 5.10. The molecule has 0 spiro atoms. The van der Waals surface area contributed by atoms with Crippen LogP contribution >= 0.6 is 0 Å². The topological polar surface area (TPSA) is 188 Å². The molecule has 0 aliphatic rings. The van der Waals surface area contributed by atoms with Crippen LogP contribution in [0.25, 0.3) is 0 Å². The molecule has 2 aromatic rings. The van der Waals surface area contributed by atoms with Crippen LogP contribution in [0.15, 0.2) is 24.3 Å². The molecule has 2 rings (SSSR count). The lowest BCUT2D eigenvalue weighted by Crippen LogP contribution is -2.35. The van der Waals surface area contributed by atoms with Crippen molar-refractivity contribution in [2.24, 2.45) is 5.73 Å². The van der Waals surface area contributed by atoms with Gasteiger partial charge in [-0.15, -0.1) is 0 Å². The first-order valence-corrected chi connectivity index (χ1v) is 11.3. The molecule has 3 amide bonds. The van der Waals surface area contributed by atoms with Crippen LogP contribution in [0.4, 0.5) is 0 Å². The highest BCUT2D eigenvalue weighted by atomic mass is 16.5. The van der Waals surface area contributed by atoms with Gasteiger partial charge in [0, 0.05) is 38.3 Å². The fraction of sp³-hybridized carbons (Fsp3) is 0.360. The summed E-state index contributed by atoms with van der Waals surface area (Å²) in [6, 6.07) is 6.17. The zero-order chi connectivity index (χ0) is 28.7. The molecule has 0 bridgehead atoms.